The highest BCUT2D eigenvalue weighted by Gasteiger charge is 2.36. The summed E-state index contributed by atoms with van der Waals surface area (Å²) in [4.78, 5) is 39.7. The van der Waals surface area contributed by atoms with Gasteiger partial charge in [0.25, 0.3) is 11.8 Å². The summed E-state index contributed by atoms with van der Waals surface area (Å²) in [7, 11) is 0. The zero-order valence-corrected chi connectivity index (χ0v) is 16.3. The predicted octanol–water partition coefficient (Wildman–Crippen LogP) is 3.29. The maximum Gasteiger partial charge on any atom is 0.261 e. The largest absolute Gasteiger partial charge is 0.289 e. The minimum Gasteiger partial charge on any atom is -0.289 e. The highest BCUT2D eigenvalue weighted by atomic mass is 16.2. The van der Waals surface area contributed by atoms with Crippen LogP contribution in [-0.2, 0) is 6.54 Å². The van der Waals surface area contributed by atoms with E-state index in [-0.39, 0.29) is 24.1 Å². The molecule has 31 heavy (non-hydrogen) atoms. The summed E-state index contributed by atoms with van der Waals surface area (Å²) in [5.74, 6) is -0.507. The first kappa shape index (κ1) is 18.6. The van der Waals surface area contributed by atoms with Crippen molar-refractivity contribution in [2.24, 2.45) is 0 Å². The number of imide groups is 1. The molecule has 0 spiro atoms. The van der Waals surface area contributed by atoms with Crippen molar-refractivity contribution in [1.82, 2.24) is 19.7 Å². The maximum atomic E-state index is 13.1. The van der Waals surface area contributed by atoms with Crippen molar-refractivity contribution >= 4 is 17.6 Å². The number of hydrogen-bond donors (Lipinski definition) is 0. The molecule has 0 saturated heterocycles. The maximum absolute atomic E-state index is 13.1. The molecule has 3 aromatic carbocycles. The Hall–Kier alpha value is -4.39. The summed E-state index contributed by atoms with van der Waals surface area (Å²) < 4.78 is 1.64. The topological polar surface area (TPSA) is 85.2 Å². The van der Waals surface area contributed by atoms with E-state index in [1.807, 2.05) is 24.3 Å². The van der Waals surface area contributed by atoms with Crippen molar-refractivity contribution in [2.75, 3.05) is 0 Å². The van der Waals surface area contributed by atoms with Gasteiger partial charge in [0.2, 0.25) is 0 Å². The second kappa shape index (κ2) is 7.46. The average molecular weight is 408 g/mol. The van der Waals surface area contributed by atoms with Gasteiger partial charge in [0.1, 0.15) is 6.33 Å². The van der Waals surface area contributed by atoms with E-state index in [2.05, 4.69) is 10.2 Å². The lowest BCUT2D eigenvalue weighted by atomic mass is 10.0. The summed E-state index contributed by atoms with van der Waals surface area (Å²) in [5.41, 5.74) is 2.35. The second-order valence-electron chi connectivity index (χ2n) is 7.07. The summed E-state index contributed by atoms with van der Waals surface area (Å²) in [6.45, 7) is -0.0553. The number of carbonyl (C=O) groups excluding carboxylic acids is 3. The molecule has 0 aliphatic carbocycles. The van der Waals surface area contributed by atoms with Gasteiger partial charge in [0.15, 0.2) is 11.6 Å². The fraction of sp³-hybridized carbons (Fsp3) is 0.0417. The molecular weight excluding hydrogens is 392 g/mol. The van der Waals surface area contributed by atoms with Crippen LogP contribution in [-0.4, -0.2) is 37.3 Å². The van der Waals surface area contributed by atoms with Gasteiger partial charge in [-0.25, -0.2) is 0 Å². The smallest absolute Gasteiger partial charge is 0.261 e. The molecule has 0 bridgehead atoms. The Bertz CT molecular complexity index is 1290. The van der Waals surface area contributed by atoms with Crippen molar-refractivity contribution in [3.05, 3.63) is 113 Å². The van der Waals surface area contributed by atoms with E-state index in [4.69, 9.17) is 0 Å². The lowest BCUT2D eigenvalue weighted by Gasteiger charge is -2.16. The number of rotatable bonds is 5. The van der Waals surface area contributed by atoms with E-state index >= 15 is 0 Å². The van der Waals surface area contributed by atoms with Crippen LogP contribution in [0.25, 0.3) is 5.69 Å². The first-order chi connectivity index (χ1) is 15.1. The van der Waals surface area contributed by atoms with Gasteiger partial charge in [-0.2, -0.15) is 0 Å². The number of amides is 2. The quantitative estimate of drug-likeness (QED) is 0.374. The summed E-state index contributed by atoms with van der Waals surface area (Å²) in [6, 6.07) is 22.8. The first-order valence-electron chi connectivity index (χ1n) is 9.68. The molecule has 5 rings (SSSR count). The van der Waals surface area contributed by atoms with Crippen LogP contribution in [0.2, 0.25) is 0 Å². The molecule has 150 valence electrons. The normalized spacial score (nSPS) is 12.8. The Morgan fingerprint density at radius 2 is 1.39 bits per heavy atom. The van der Waals surface area contributed by atoms with Crippen molar-refractivity contribution in [3.8, 4) is 5.69 Å². The SMILES string of the molecule is O=C(c1ccccc1)c1ccccc1-n1cnnc1CN1C(=O)c2ccccc2C1=O. The van der Waals surface area contributed by atoms with Crippen LogP contribution >= 0.6 is 0 Å². The second-order valence-corrected chi connectivity index (χ2v) is 7.07. The predicted molar refractivity (Wildman–Crippen MR) is 112 cm³/mol. The highest BCUT2D eigenvalue weighted by Crippen LogP contribution is 2.25. The van der Waals surface area contributed by atoms with Crippen molar-refractivity contribution in [3.63, 3.8) is 0 Å². The highest BCUT2D eigenvalue weighted by molar-refractivity contribution is 6.21. The average Bonchev–Trinajstić information content (AvgIpc) is 3.38. The van der Waals surface area contributed by atoms with Crippen molar-refractivity contribution in [1.29, 1.82) is 0 Å². The van der Waals surface area contributed by atoms with E-state index in [0.29, 0.717) is 33.8 Å². The molecule has 0 saturated carbocycles. The Kier molecular flexibility index (Phi) is 4.48. The Labute approximate surface area is 177 Å². The number of nitrogens with zero attached hydrogens (tertiary/aromatic N) is 4. The molecule has 7 heteroatoms. The lowest BCUT2D eigenvalue weighted by molar-refractivity contribution is 0.0637. The van der Waals surface area contributed by atoms with Gasteiger partial charge < -0.3 is 0 Å². The molecule has 7 nitrogen and oxygen atoms in total. The molecule has 0 radical (unpaired) electrons. The molecule has 2 heterocycles. The van der Waals surface area contributed by atoms with E-state index in [1.165, 1.54) is 6.33 Å². The molecule has 1 aliphatic heterocycles. The van der Waals surface area contributed by atoms with E-state index < -0.39 is 0 Å². The van der Waals surface area contributed by atoms with Crippen LogP contribution < -0.4 is 0 Å². The van der Waals surface area contributed by atoms with Crippen LogP contribution in [0.5, 0.6) is 0 Å². The molecule has 0 unspecified atom stereocenters. The molecule has 0 atom stereocenters. The third-order valence-corrected chi connectivity index (χ3v) is 5.24. The molecular formula is C24H16N4O3. The molecule has 2 amide bonds. The molecule has 1 aliphatic rings. The number of fused-ring (bicyclic) bond motifs is 1. The van der Waals surface area contributed by atoms with Gasteiger partial charge in [-0.1, -0.05) is 54.6 Å². The molecule has 4 aromatic rings. The Morgan fingerprint density at radius 3 is 2.10 bits per heavy atom. The van der Waals surface area contributed by atoms with Gasteiger partial charge in [0.05, 0.1) is 23.4 Å². The van der Waals surface area contributed by atoms with E-state index in [0.717, 1.165) is 4.90 Å². The van der Waals surface area contributed by atoms with E-state index in [1.54, 1.807) is 59.2 Å². The number of ketones is 1. The monoisotopic (exact) mass is 408 g/mol. The van der Waals surface area contributed by atoms with Gasteiger partial charge in [-0.15, -0.1) is 10.2 Å². The van der Waals surface area contributed by atoms with Crippen molar-refractivity contribution < 1.29 is 14.4 Å². The molecule has 0 fully saturated rings. The fourth-order valence-corrected chi connectivity index (χ4v) is 3.71. The van der Waals surface area contributed by atoms with Crippen LogP contribution in [0.15, 0.2) is 85.2 Å². The number of carbonyl (C=O) groups is 3. The van der Waals surface area contributed by atoms with E-state index in [9.17, 15) is 14.4 Å². The number of benzene rings is 3. The molecule has 0 N–H and O–H groups in total. The van der Waals surface area contributed by atoms with Gasteiger partial charge in [0, 0.05) is 11.1 Å². The summed E-state index contributed by atoms with van der Waals surface area (Å²) >= 11 is 0. The standard InChI is InChI=1S/C24H16N4O3/c29-22(16-8-2-1-3-9-16)19-12-6-7-13-20(19)28-15-25-26-21(28)14-27-23(30)17-10-4-5-11-18(17)24(27)31/h1-13,15H,14H2. The van der Waals surface area contributed by atoms with Crippen LogP contribution in [0.1, 0.15) is 42.5 Å². The minimum atomic E-state index is -0.371. The minimum absolute atomic E-state index is 0.0553. The van der Waals surface area contributed by atoms with Crippen LogP contribution in [0.3, 0.4) is 0 Å². The number of aromatic nitrogens is 3. The Morgan fingerprint density at radius 1 is 0.774 bits per heavy atom. The fourth-order valence-electron chi connectivity index (χ4n) is 3.71. The Balaban J connectivity index is 1.51. The van der Waals surface area contributed by atoms with Crippen molar-refractivity contribution in [2.45, 2.75) is 6.54 Å². The third kappa shape index (κ3) is 3.12. The van der Waals surface area contributed by atoms with Gasteiger partial charge in [-0.3, -0.25) is 23.9 Å². The third-order valence-electron chi connectivity index (χ3n) is 5.24. The zero-order chi connectivity index (χ0) is 21.4. The van der Waals surface area contributed by atoms with Gasteiger partial charge in [-0.05, 0) is 24.3 Å². The van der Waals surface area contributed by atoms with Gasteiger partial charge >= 0.3 is 0 Å². The number of hydrogen-bond acceptors (Lipinski definition) is 5. The van der Waals surface area contributed by atoms with Crippen LogP contribution in [0.4, 0.5) is 0 Å². The zero-order valence-electron chi connectivity index (χ0n) is 16.3. The first-order valence-corrected chi connectivity index (χ1v) is 9.68. The lowest BCUT2D eigenvalue weighted by Crippen LogP contribution is -2.30. The number of para-hydroxylation sites is 1. The molecule has 1 aromatic heterocycles. The summed E-state index contributed by atoms with van der Waals surface area (Å²) in [6.07, 6.45) is 1.48. The summed E-state index contributed by atoms with van der Waals surface area (Å²) in [5, 5.41) is 8.08. The van der Waals surface area contributed by atoms with Crippen LogP contribution in [0, 0.1) is 0 Å².